The van der Waals surface area contributed by atoms with E-state index < -0.39 is 0 Å². The molecule has 40 heavy (non-hydrogen) atoms. The van der Waals surface area contributed by atoms with E-state index in [-0.39, 0.29) is 5.91 Å². The first-order valence-corrected chi connectivity index (χ1v) is 15.2. The lowest BCUT2D eigenvalue weighted by Gasteiger charge is -2.37. The number of benzene rings is 3. The van der Waals surface area contributed by atoms with Crippen molar-refractivity contribution >= 4 is 11.6 Å². The summed E-state index contributed by atoms with van der Waals surface area (Å²) < 4.78 is 0. The van der Waals surface area contributed by atoms with Crippen LogP contribution in [0.2, 0.25) is 0 Å². The van der Waals surface area contributed by atoms with Crippen LogP contribution in [-0.2, 0) is 0 Å². The van der Waals surface area contributed by atoms with Gasteiger partial charge in [0.1, 0.15) is 0 Å². The number of rotatable bonds is 10. The molecule has 3 aromatic rings. The van der Waals surface area contributed by atoms with E-state index in [1.54, 1.807) is 0 Å². The first kappa shape index (κ1) is 28.2. The summed E-state index contributed by atoms with van der Waals surface area (Å²) in [5.41, 5.74) is 5.86. The minimum absolute atomic E-state index is 0.164. The molecule has 0 bridgehead atoms. The first-order chi connectivity index (χ1) is 19.6. The molecule has 3 aromatic carbocycles. The minimum atomic E-state index is 0.164. The van der Waals surface area contributed by atoms with Crippen molar-refractivity contribution in [2.75, 3.05) is 44.2 Å². The third-order valence-corrected chi connectivity index (χ3v) is 8.93. The van der Waals surface area contributed by atoms with Crippen LogP contribution in [0.5, 0.6) is 0 Å². The molecule has 210 valence electrons. The van der Waals surface area contributed by atoms with E-state index in [1.807, 2.05) is 6.08 Å². The molecule has 5 rings (SSSR count). The van der Waals surface area contributed by atoms with Gasteiger partial charge in [0.15, 0.2) is 0 Å². The Hall–Kier alpha value is -3.37. The fraction of sp³-hybridized carbons (Fsp3) is 0.417. The Labute approximate surface area is 241 Å². The van der Waals surface area contributed by atoms with Crippen LogP contribution in [0.25, 0.3) is 0 Å². The molecule has 0 atom stereocenters. The standard InChI is InChI=1S/C36H45N3O/c1-3-22-39(32-17-11-6-12-18-32)36(40)35-28-33(20-19-29(35)2)38-26-24-37(25-27-38)23-21-34(30-13-7-4-8-14-30)31-15-9-5-10-16-31/h3-5,7-10,13-16,19-20,28,32,34H,1,6,11-12,17-18,21-27H2,2H3. The fourth-order valence-electron chi connectivity index (χ4n) is 6.56. The van der Waals surface area contributed by atoms with E-state index >= 15 is 0 Å². The van der Waals surface area contributed by atoms with Gasteiger partial charge in [0.25, 0.3) is 5.91 Å². The Morgan fingerprint density at radius 3 is 2.12 bits per heavy atom. The smallest absolute Gasteiger partial charge is 0.254 e. The quantitative estimate of drug-likeness (QED) is 0.255. The van der Waals surface area contributed by atoms with Gasteiger partial charge in [-0.2, -0.15) is 0 Å². The van der Waals surface area contributed by atoms with Gasteiger partial charge in [-0.1, -0.05) is 92.1 Å². The maximum absolute atomic E-state index is 13.8. The summed E-state index contributed by atoms with van der Waals surface area (Å²) in [7, 11) is 0. The lowest BCUT2D eigenvalue weighted by Crippen LogP contribution is -2.47. The normalized spacial score (nSPS) is 16.7. The van der Waals surface area contributed by atoms with Gasteiger partial charge >= 0.3 is 0 Å². The van der Waals surface area contributed by atoms with Gasteiger partial charge < -0.3 is 9.80 Å². The monoisotopic (exact) mass is 535 g/mol. The van der Waals surface area contributed by atoms with E-state index in [4.69, 9.17) is 0 Å². The molecule has 0 N–H and O–H groups in total. The van der Waals surface area contributed by atoms with Crippen molar-refractivity contribution in [3.63, 3.8) is 0 Å². The number of piperazine rings is 1. The van der Waals surface area contributed by atoms with Crippen molar-refractivity contribution in [1.29, 1.82) is 0 Å². The van der Waals surface area contributed by atoms with Crippen molar-refractivity contribution in [2.45, 2.75) is 57.4 Å². The molecule has 1 aliphatic heterocycles. The summed E-state index contributed by atoms with van der Waals surface area (Å²) in [5.74, 6) is 0.575. The number of nitrogens with zero attached hydrogens (tertiary/aromatic N) is 3. The summed E-state index contributed by atoms with van der Waals surface area (Å²) in [5, 5.41) is 0. The van der Waals surface area contributed by atoms with Gasteiger partial charge in [0.2, 0.25) is 0 Å². The Morgan fingerprint density at radius 2 is 1.52 bits per heavy atom. The number of carbonyl (C=O) groups is 1. The van der Waals surface area contributed by atoms with Crippen LogP contribution in [-0.4, -0.2) is 61.0 Å². The molecule has 4 nitrogen and oxygen atoms in total. The highest BCUT2D eigenvalue weighted by Crippen LogP contribution is 2.30. The second-order valence-corrected chi connectivity index (χ2v) is 11.5. The van der Waals surface area contributed by atoms with Gasteiger partial charge in [-0.25, -0.2) is 0 Å². The first-order valence-electron chi connectivity index (χ1n) is 15.2. The van der Waals surface area contributed by atoms with Crippen LogP contribution in [0.1, 0.15) is 71.5 Å². The van der Waals surface area contributed by atoms with Crippen LogP contribution in [0.4, 0.5) is 5.69 Å². The molecule has 1 amide bonds. The van der Waals surface area contributed by atoms with Crippen molar-refractivity contribution in [2.24, 2.45) is 0 Å². The average molecular weight is 536 g/mol. The van der Waals surface area contributed by atoms with E-state index in [2.05, 4.69) is 107 Å². The predicted octanol–water partition coefficient (Wildman–Crippen LogP) is 7.30. The lowest BCUT2D eigenvalue weighted by atomic mass is 9.88. The molecule has 0 radical (unpaired) electrons. The van der Waals surface area contributed by atoms with Crippen molar-refractivity contribution in [3.05, 3.63) is 114 Å². The van der Waals surface area contributed by atoms with Crippen molar-refractivity contribution < 1.29 is 4.79 Å². The average Bonchev–Trinajstić information content (AvgIpc) is 3.02. The Balaban J connectivity index is 1.22. The topological polar surface area (TPSA) is 26.8 Å². The Morgan fingerprint density at radius 1 is 0.900 bits per heavy atom. The third-order valence-electron chi connectivity index (χ3n) is 8.93. The second kappa shape index (κ2) is 13.8. The number of carbonyl (C=O) groups excluding carboxylic acids is 1. The van der Waals surface area contributed by atoms with E-state index in [0.29, 0.717) is 18.5 Å². The molecule has 2 aliphatic rings. The van der Waals surface area contributed by atoms with Gasteiger partial charge in [-0.05, 0) is 61.6 Å². The zero-order valence-corrected chi connectivity index (χ0v) is 24.2. The summed E-state index contributed by atoms with van der Waals surface area (Å²) >= 11 is 0. The summed E-state index contributed by atoms with van der Waals surface area (Å²) in [6.45, 7) is 11.8. The highest BCUT2D eigenvalue weighted by atomic mass is 16.2. The van der Waals surface area contributed by atoms with Crippen LogP contribution < -0.4 is 4.90 Å². The minimum Gasteiger partial charge on any atom is -0.369 e. The lowest BCUT2D eigenvalue weighted by molar-refractivity contribution is 0.0662. The zero-order valence-electron chi connectivity index (χ0n) is 24.2. The van der Waals surface area contributed by atoms with Crippen molar-refractivity contribution in [1.82, 2.24) is 9.80 Å². The fourth-order valence-corrected chi connectivity index (χ4v) is 6.56. The molecule has 1 aliphatic carbocycles. The SMILES string of the molecule is C=CCN(C(=O)c1cc(N2CCN(CCC(c3ccccc3)c3ccccc3)CC2)ccc1C)C1CCCCC1. The molecule has 2 fully saturated rings. The molecule has 4 heteroatoms. The molecule has 0 unspecified atom stereocenters. The summed E-state index contributed by atoms with van der Waals surface area (Å²) in [4.78, 5) is 20.9. The summed E-state index contributed by atoms with van der Waals surface area (Å²) in [6, 6.07) is 28.6. The predicted molar refractivity (Wildman–Crippen MR) is 167 cm³/mol. The van der Waals surface area contributed by atoms with Gasteiger partial charge in [0, 0.05) is 55.9 Å². The van der Waals surface area contributed by atoms with Gasteiger partial charge in [-0.15, -0.1) is 6.58 Å². The number of aryl methyl sites for hydroxylation is 1. The molecule has 0 aromatic heterocycles. The number of anilines is 1. The molecule has 1 saturated heterocycles. The Kier molecular flexibility index (Phi) is 9.72. The summed E-state index contributed by atoms with van der Waals surface area (Å²) in [6.07, 6.45) is 8.92. The number of hydrogen-bond acceptors (Lipinski definition) is 3. The molecular formula is C36H45N3O. The largest absolute Gasteiger partial charge is 0.369 e. The maximum atomic E-state index is 13.8. The van der Waals surface area contributed by atoms with Crippen molar-refractivity contribution in [3.8, 4) is 0 Å². The van der Waals surface area contributed by atoms with Gasteiger partial charge in [-0.3, -0.25) is 9.69 Å². The highest BCUT2D eigenvalue weighted by molar-refractivity contribution is 5.97. The highest BCUT2D eigenvalue weighted by Gasteiger charge is 2.27. The Bertz CT molecular complexity index is 1190. The van der Waals surface area contributed by atoms with Crippen LogP contribution in [0, 0.1) is 6.92 Å². The number of amides is 1. The molecular weight excluding hydrogens is 490 g/mol. The van der Waals surface area contributed by atoms with Gasteiger partial charge in [0.05, 0.1) is 0 Å². The van der Waals surface area contributed by atoms with Crippen LogP contribution in [0.15, 0.2) is 91.5 Å². The molecule has 1 heterocycles. The number of hydrogen-bond donors (Lipinski definition) is 0. The maximum Gasteiger partial charge on any atom is 0.254 e. The third kappa shape index (κ3) is 6.85. The van der Waals surface area contributed by atoms with E-state index in [0.717, 1.165) is 63.1 Å². The second-order valence-electron chi connectivity index (χ2n) is 11.5. The molecule has 1 saturated carbocycles. The molecule has 0 spiro atoms. The zero-order chi connectivity index (χ0) is 27.7. The van der Waals surface area contributed by atoms with Crippen LogP contribution in [0.3, 0.4) is 0 Å². The van der Waals surface area contributed by atoms with E-state index in [1.165, 1.54) is 36.1 Å². The van der Waals surface area contributed by atoms with E-state index in [9.17, 15) is 4.79 Å². The van der Waals surface area contributed by atoms with Crippen LogP contribution >= 0.6 is 0 Å².